The van der Waals surface area contributed by atoms with Gasteiger partial charge in [-0.25, -0.2) is 0 Å². The molecule has 2 aliphatic rings. The van der Waals surface area contributed by atoms with Gasteiger partial charge < -0.3 is 10.2 Å². The highest BCUT2D eigenvalue weighted by atomic mass is 32.2. The third kappa shape index (κ3) is 4.60. The number of likely N-dealkylation sites (tertiary alicyclic amines) is 1. The Morgan fingerprint density at radius 2 is 1.47 bits per heavy atom. The first-order valence-corrected chi connectivity index (χ1v) is 12.5. The molecule has 172 valence electrons. The Hall–Kier alpha value is -3.85. The maximum absolute atomic E-state index is 12.8. The second-order valence-electron chi connectivity index (χ2n) is 8.22. The van der Waals surface area contributed by atoms with Crippen LogP contribution in [0.25, 0.3) is 0 Å². The molecule has 34 heavy (non-hydrogen) atoms. The van der Waals surface area contributed by atoms with Gasteiger partial charge >= 0.3 is 0 Å². The third-order valence-corrected chi connectivity index (χ3v) is 7.27. The van der Waals surface area contributed by atoms with Crippen LogP contribution < -0.4 is 5.32 Å². The highest BCUT2D eigenvalue weighted by molar-refractivity contribution is 7.90. The van der Waals surface area contributed by atoms with Crippen molar-refractivity contribution in [1.29, 1.82) is 0 Å². The summed E-state index contributed by atoms with van der Waals surface area (Å²) in [4.78, 5) is 15.0. The fraction of sp³-hybridized carbons (Fsp3) is 0.200. The van der Waals surface area contributed by atoms with Crippen molar-refractivity contribution in [2.75, 3.05) is 18.4 Å². The number of hydrogen-bond acceptors (Lipinski definition) is 6. The van der Waals surface area contributed by atoms with E-state index >= 15 is 0 Å². The molecule has 1 fully saturated rings. The Kier molecular flexibility index (Phi) is 5.93. The number of amides is 1. The Morgan fingerprint density at radius 3 is 2.18 bits per heavy atom. The van der Waals surface area contributed by atoms with Gasteiger partial charge in [0.25, 0.3) is 10.0 Å². The van der Waals surface area contributed by atoms with Gasteiger partial charge in [0, 0.05) is 30.3 Å². The predicted octanol–water partition coefficient (Wildman–Crippen LogP) is 4.90. The zero-order valence-electron chi connectivity index (χ0n) is 18.3. The molecule has 1 amide bonds. The van der Waals surface area contributed by atoms with Gasteiger partial charge in [0.05, 0.1) is 11.4 Å². The van der Waals surface area contributed by atoms with E-state index in [9.17, 15) is 13.2 Å². The number of sulfonamides is 1. The Labute approximate surface area is 198 Å². The first-order chi connectivity index (χ1) is 16.5. The minimum absolute atomic E-state index is 0.0419. The molecule has 0 unspecified atom stereocenters. The maximum atomic E-state index is 12.8. The number of nitrogens with zero attached hydrogens (tertiary/aromatic N) is 4. The second kappa shape index (κ2) is 9.18. The zero-order valence-corrected chi connectivity index (χ0v) is 19.1. The van der Waals surface area contributed by atoms with Gasteiger partial charge in [-0.1, -0.05) is 30.3 Å². The van der Waals surface area contributed by atoms with Gasteiger partial charge in [0.1, 0.15) is 4.90 Å². The summed E-state index contributed by atoms with van der Waals surface area (Å²) in [6.07, 6.45) is 1.24. The molecule has 3 aromatic rings. The van der Waals surface area contributed by atoms with E-state index in [1.54, 1.807) is 42.5 Å². The van der Waals surface area contributed by atoms with E-state index in [2.05, 4.69) is 19.9 Å². The molecule has 0 spiro atoms. The second-order valence-corrected chi connectivity index (χ2v) is 9.79. The van der Waals surface area contributed by atoms with Crippen molar-refractivity contribution in [3.05, 3.63) is 84.4 Å². The molecular formula is C25H23N5O3S. The molecule has 3 aromatic carbocycles. The van der Waals surface area contributed by atoms with E-state index in [-0.39, 0.29) is 16.7 Å². The van der Waals surface area contributed by atoms with E-state index in [0.29, 0.717) is 48.7 Å². The molecule has 1 saturated heterocycles. The molecule has 8 nitrogen and oxygen atoms in total. The molecule has 5 rings (SSSR count). The van der Waals surface area contributed by atoms with E-state index in [0.717, 1.165) is 5.69 Å². The SMILES string of the molecule is O=C(Nc1ccc(N=Nc2ccccc2)cc1)C1CCN(C2=NS(=O)(=O)c3ccccc32)CC1. The van der Waals surface area contributed by atoms with Crippen LogP contribution in [0, 0.1) is 5.92 Å². The fourth-order valence-corrected chi connectivity index (χ4v) is 5.36. The lowest BCUT2D eigenvalue weighted by atomic mass is 9.95. The van der Waals surface area contributed by atoms with E-state index in [4.69, 9.17) is 0 Å². The van der Waals surface area contributed by atoms with Crippen molar-refractivity contribution in [2.45, 2.75) is 17.7 Å². The summed E-state index contributed by atoms with van der Waals surface area (Å²) in [6, 6.07) is 23.6. The Bertz CT molecular complexity index is 1360. The van der Waals surface area contributed by atoms with Crippen molar-refractivity contribution in [2.24, 2.45) is 20.5 Å². The van der Waals surface area contributed by atoms with Crippen LogP contribution in [0.1, 0.15) is 18.4 Å². The van der Waals surface area contributed by atoms with E-state index in [1.165, 1.54) is 0 Å². The first-order valence-electron chi connectivity index (χ1n) is 11.1. The average molecular weight is 474 g/mol. The van der Waals surface area contributed by atoms with Gasteiger partial charge in [-0.2, -0.15) is 18.6 Å². The maximum Gasteiger partial charge on any atom is 0.285 e. The van der Waals surface area contributed by atoms with Gasteiger partial charge in [0.15, 0.2) is 5.84 Å². The number of hydrogen-bond donors (Lipinski definition) is 1. The van der Waals surface area contributed by atoms with Crippen LogP contribution in [0.15, 0.2) is 98.4 Å². The Morgan fingerprint density at radius 1 is 0.853 bits per heavy atom. The lowest BCUT2D eigenvalue weighted by Gasteiger charge is -2.32. The molecule has 2 heterocycles. The number of anilines is 1. The van der Waals surface area contributed by atoms with Gasteiger partial charge in [-0.15, -0.1) is 4.40 Å². The van der Waals surface area contributed by atoms with Gasteiger partial charge in [-0.05, 0) is 61.4 Å². The summed E-state index contributed by atoms with van der Waals surface area (Å²) in [7, 11) is -3.65. The summed E-state index contributed by atoms with van der Waals surface area (Å²) in [6.45, 7) is 1.14. The molecular weight excluding hydrogens is 450 g/mol. The number of benzene rings is 3. The highest BCUT2D eigenvalue weighted by Gasteiger charge is 2.34. The van der Waals surface area contributed by atoms with Crippen LogP contribution in [0.5, 0.6) is 0 Å². The topological polar surface area (TPSA) is 104 Å². The van der Waals surface area contributed by atoms with Crippen LogP contribution in [-0.4, -0.2) is 38.2 Å². The molecule has 0 atom stereocenters. The summed E-state index contributed by atoms with van der Waals surface area (Å²) in [5.41, 5.74) is 2.81. The Balaban J connectivity index is 1.17. The third-order valence-electron chi connectivity index (χ3n) is 5.95. The van der Waals surface area contributed by atoms with Crippen LogP contribution in [-0.2, 0) is 14.8 Å². The molecule has 0 saturated carbocycles. The fourth-order valence-electron chi connectivity index (χ4n) is 4.14. The van der Waals surface area contributed by atoms with Crippen molar-refractivity contribution < 1.29 is 13.2 Å². The number of fused-ring (bicyclic) bond motifs is 1. The van der Waals surface area contributed by atoms with E-state index < -0.39 is 10.0 Å². The molecule has 0 aromatic heterocycles. The number of azo groups is 1. The lowest BCUT2D eigenvalue weighted by molar-refractivity contribution is -0.120. The summed E-state index contributed by atoms with van der Waals surface area (Å²) < 4.78 is 28.6. The number of rotatable bonds is 4. The minimum Gasteiger partial charge on any atom is -0.355 e. The summed E-state index contributed by atoms with van der Waals surface area (Å²) in [5, 5.41) is 11.4. The molecule has 0 bridgehead atoms. The largest absolute Gasteiger partial charge is 0.355 e. The van der Waals surface area contributed by atoms with Crippen LogP contribution in [0.2, 0.25) is 0 Å². The smallest absolute Gasteiger partial charge is 0.285 e. The normalized spacial score (nSPS) is 17.4. The van der Waals surface area contributed by atoms with E-state index in [1.807, 2.05) is 41.3 Å². The molecule has 0 aliphatic carbocycles. The van der Waals surface area contributed by atoms with Gasteiger partial charge in [-0.3, -0.25) is 4.79 Å². The molecule has 2 aliphatic heterocycles. The number of carbonyl (C=O) groups excluding carboxylic acids is 1. The molecule has 0 radical (unpaired) electrons. The van der Waals surface area contributed by atoms with Crippen molar-refractivity contribution in [1.82, 2.24) is 4.90 Å². The monoisotopic (exact) mass is 473 g/mol. The van der Waals surface area contributed by atoms with Crippen molar-refractivity contribution in [3.63, 3.8) is 0 Å². The molecule has 9 heteroatoms. The number of carbonyl (C=O) groups is 1. The number of piperidine rings is 1. The van der Waals surface area contributed by atoms with Gasteiger partial charge in [0.2, 0.25) is 5.91 Å². The number of nitrogens with one attached hydrogen (secondary N) is 1. The van der Waals surface area contributed by atoms with Crippen molar-refractivity contribution in [3.8, 4) is 0 Å². The standard InChI is InChI=1S/C25H23N5O3S/c31-25(26-19-10-12-21(13-11-19)28-27-20-6-2-1-3-7-20)18-14-16-30(17-15-18)24-22-8-4-5-9-23(22)34(32,33)29-24/h1-13,18H,14-17H2,(H,26,31). The van der Waals surface area contributed by atoms with Crippen LogP contribution in [0.4, 0.5) is 17.1 Å². The zero-order chi connectivity index (χ0) is 23.5. The highest BCUT2D eigenvalue weighted by Crippen LogP contribution is 2.30. The van der Waals surface area contributed by atoms with Crippen molar-refractivity contribution >= 4 is 38.8 Å². The first kappa shape index (κ1) is 22.0. The lowest BCUT2D eigenvalue weighted by Crippen LogP contribution is -2.41. The minimum atomic E-state index is -3.65. The average Bonchev–Trinajstić information content (AvgIpc) is 3.15. The van der Waals surface area contributed by atoms with Crippen LogP contribution >= 0.6 is 0 Å². The summed E-state index contributed by atoms with van der Waals surface area (Å²) >= 11 is 0. The number of amidine groups is 1. The predicted molar refractivity (Wildman–Crippen MR) is 130 cm³/mol. The molecule has 1 N–H and O–H groups in total. The quantitative estimate of drug-likeness (QED) is 0.544. The van der Waals surface area contributed by atoms with Crippen LogP contribution in [0.3, 0.4) is 0 Å². The summed E-state index contributed by atoms with van der Waals surface area (Å²) in [5.74, 6) is 0.289.